The maximum absolute atomic E-state index is 12.3. The molecule has 22 heavy (non-hydrogen) atoms. The summed E-state index contributed by atoms with van der Waals surface area (Å²) in [5.74, 6) is -0.640. The predicted octanol–water partition coefficient (Wildman–Crippen LogP) is 2.24. The van der Waals surface area contributed by atoms with Crippen molar-refractivity contribution in [3.05, 3.63) is 33.7 Å². The molecule has 1 atom stereocenters. The van der Waals surface area contributed by atoms with Gasteiger partial charge in [-0.3, -0.25) is 14.5 Å². The molecular weight excluding hydrogens is 304 g/mol. The van der Waals surface area contributed by atoms with Gasteiger partial charge in [0.25, 0.3) is 0 Å². The summed E-state index contributed by atoms with van der Waals surface area (Å²) < 4.78 is 4.87. The fourth-order valence-electron chi connectivity index (χ4n) is 2.43. The third kappa shape index (κ3) is 3.19. The second kappa shape index (κ2) is 6.74. The van der Waals surface area contributed by atoms with E-state index >= 15 is 0 Å². The van der Waals surface area contributed by atoms with Crippen molar-refractivity contribution >= 4 is 29.1 Å². The van der Waals surface area contributed by atoms with Gasteiger partial charge in [0, 0.05) is 16.1 Å². The van der Waals surface area contributed by atoms with Gasteiger partial charge in [0.05, 0.1) is 12.6 Å². The summed E-state index contributed by atoms with van der Waals surface area (Å²) in [5.41, 5.74) is 0.981. The molecule has 1 aromatic heterocycles. The van der Waals surface area contributed by atoms with Crippen LogP contribution in [0.5, 0.6) is 0 Å². The van der Waals surface area contributed by atoms with Crippen LogP contribution in [0.2, 0.25) is 0 Å². The van der Waals surface area contributed by atoms with E-state index in [0.29, 0.717) is 11.3 Å². The molecule has 0 saturated heterocycles. The van der Waals surface area contributed by atoms with Crippen molar-refractivity contribution < 1.29 is 19.1 Å². The van der Waals surface area contributed by atoms with Gasteiger partial charge in [0.15, 0.2) is 5.78 Å². The highest BCUT2D eigenvalue weighted by molar-refractivity contribution is 7.10. The number of rotatable bonds is 5. The molecule has 0 fully saturated rings. The molecule has 0 bridgehead atoms. The lowest BCUT2D eigenvalue weighted by molar-refractivity contribution is -0.143. The lowest BCUT2D eigenvalue weighted by Crippen LogP contribution is -2.49. The molecule has 2 rings (SSSR count). The number of nitrogens with zero attached hydrogens (tertiary/aromatic N) is 1. The summed E-state index contributed by atoms with van der Waals surface area (Å²) in [6.07, 6.45) is 0. The number of thiophene rings is 1. The molecular formula is C15H18N2O4S. The van der Waals surface area contributed by atoms with Crippen LogP contribution >= 0.6 is 11.3 Å². The van der Waals surface area contributed by atoms with E-state index in [9.17, 15) is 14.4 Å². The highest BCUT2D eigenvalue weighted by Gasteiger charge is 2.35. The molecule has 118 valence electrons. The van der Waals surface area contributed by atoms with Crippen molar-refractivity contribution in [2.45, 2.75) is 26.8 Å². The van der Waals surface area contributed by atoms with E-state index in [1.807, 2.05) is 17.5 Å². The lowest BCUT2D eigenvalue weighted by Gasteiger charge is -2.34. The minimum Gasteiger partial charge on any atom is -0.465 e. The standard InChI is InChI=1S/C15H18N2O4S/c1-4-21-12(19)8-17-9(2)13(10(3)18)14(16-15(17)20)11-6-5-7-22-11/h5-7,14H,4,8H2,1-3H3,(H,16,20)/t14-/m0/s1. The highest BCUT2D eigenvalue weighted by atomic mass is 32.1. The molecule has 0 aromatic carbocycles. The summed E-state index contributed by atoms with van der Waals surface area (Å²) >= 11 is 1.47. The average molecular weight is 322 g/mol. The first kappa shape index (κ1) is 16.2. The van der Waals surface area contributed by atoms with Gasteiger partial charge in [-0.05, 0) is 32.2 Å². The molecule has 2 amide bonds. The van der Waals surface area contributed by atoms with Gasteiger partial charge in [0.2, 0.25) is 0 Å². The molecule has 7 heteroatoms. The van der Waals surface area contributed by atoms with Crippen LogP contribution in [0, 0.1) is 0 Å². The molecule has 1 N–H and O–H groups in total. The second-order valence-corrected chi connectivity index (χ2v) is 5.82. The Kier molecular flexibility index (Phi) is 4.97. The monoisotopic (exact) mass is 322 g/mol. The first-order valence-corrected chi connectivity index (χ1v) is 7.82. The van der Waals surface area contributed by atoms with Crippen LogP contribution in [0.4, 0.5) is 4.79 Å². The Bertz CT molecular complexity index is 621. The quantitative estimate of drug-likeness (QED) is 0.844. The molecule has 6 nitrogen and oxygen atoms in total. The Hall–Kier alpha value is -2.15. The van der Waals surface area contributed by atoms with E-state index in [1.165, 1.54) is 23.2 Å². The summed E-state index contributed by atoms with van der Waals surface area (Å²) in [6, 6.07) is 2.86. The predicted molar refractivity (Wildman–Crippen MR) is 82.3 cm³/mol. The van der Waals surface area contributed by atoms with Gasteiger partial charge < -0.3 is 10.1 Å². The van der Waals surface area contributed by atoms with Crippen molar-refractivity contribution in [1.82, 2.24) is 10.2 Å². The summed E-state index contributed by atoms with van der Waals surface area (Å²) in [7, 11) is 0. The molecule has 0 radical (unpaired) electrons. The highest BCUT2D eigenvalue weighted by Crippen LogP contribution is 2.33. The molecule has 0 spiro atoms. The number of allylic oxidation sites excluding steroid dienone is 1. The van der Waals surface area contributed by atoms with Crippen LogP contribution in [0.1, 0.15) is 31.7 Å². The van der Waals surface area contributed by atoms with Gasteiger partial charge in [-0.2, -0.15) is 0 Å². The summed E-state index contributed by atoms with van der Waals surface area (Å²) in [5, 5.41) is 4.68. The van der Waals surface area contributed by atoms with E-state index in [-0.39, 0.29) is 18.9 Å². The lowest BCUT2D eigenvalue weighted by atomic mass is 9.97. The number of hydrogen-bond acceptors (Lipinski definition) is 5. The molecule has 1 aliphatic rings. The molecule has 0 aliphatic carbocycles. The summed E-state index contributed by atoms with van der Waals surface area (Å²) in [4.78, 5) is 38.1. The number of nitrogens with one attached hydrogen (secondary N) is 1. The van der Waals surface area contributed by atoms with E-state index < -0.39 is 18.0 Å². The third-order valence-electron chi connectivity index (χ3n) is 3.40. The van der Waals surface area contributed by atoms with Gasteiger partial charge in [0.1, 0.15) is 6.54 Å². The third-order valence-corrected chi connectivity index (χ3v) is 4.33. The van der Waals surface area contributed by atoms with Gasteiger partial charge in [-0.15, -0.1) is 11.3 Å². The zero-order valence-corrected chi connectivity index (χ0v) is 13.5. The summed E-state index contributed by atoms with van der Waals surface area (Å²) in [6.45, 7) is 4.87. The van der Waals surface area contributed by atoms with Crippen molar-refractivity contribution in [1.29, 1.82) is 0 Å². The maximum Gasteiger partial charge on any atom is 0.326 e. The van der Waals surface area contributed by atoms with Crippen molar-refractivity contribution in [2.75, 3.05) is 13.2 Å². The largest absolute Gasteiger partial charge is 0.465 e. The fraction of sp³-hybridized carbons (Fsp3) is 0.400. The minimum absolute atomic E-state index is 0.134. The van der Waals surface area contributed by atoms with Crippen LogP contribution in [0.15, 0.2) is 28.8 Å². The smallest absolute Gasteiger partial charge is 0.326 e. The number of Topliss-reactive ketones (excluding diaryl/α,β-unsaturated/α-hetero) is 1. The number of ketones is 1. The SMILES string of the molecule is CCOC(=O)CN1C(=O)N[C@@H](c2cccs2)C(C(C)=O)=C1C. The zero-order valence-electron chi connectivity index (χ0n) is 12.7. The van der Waals surface area contributed by atoms with Crippen LogP contribution in [-0.4, -0.2) is 35.8 Å². The minimum atomic E-state index is -0.505. The van der Waals surface area contributed by atoms with Gasteiger partial charge in [-0.25, -0.2) is 4.79 Å². The molecule has 0 saturated carbocycles. The number of esters is 1. The fourth-order valence-corrected chi connectivity index (χ4v) is 3.22. The normalized spacial score (nSPS) is 18.2. The van der Waals surface area contributed by atoms with Crippen molar-refractivity contribution in [3.63, 3.8) is 0 Å². The van der Waals surface area contributed by atoms with Gasteiger partial charge in [-0.1, -0.05) is 6.07 Å². The van der Waals surface area contributed by atoms with Crippen molar-refractivity contribution in [3.8, 4) is 0 Å². The molecule has 1 aliphatic heterocycles. The maximum atomic E-state index is 12.3. The Morgan fingerprint density at radius 3 is 2.73 bits per heavy atom. The first-order chi connectivity index (χ1) is 10.5. The number of carbonyl (C=O) groups is 3. The first-order valence-electron chi connectivity index (χ1n) is 6.94. The zero-order chi connectivity index (χ0) is 16.3. The van der Waals surface area contributed by atoms with E-state index in [0.717, 1.165) is 4.88 Å². The van der Waals surface area contributed by atoms with E-state index in [2.05, 4.69) is 5.32 Å². The average Bonchev–Trinajstić information content (AvgIpc) is 2.96. The number of carbonyl (C=O) groups excluding carboxylic acids is 3. The molecule has 2 heterocycles. The van der Waals surface area contributed by atoms with Crippen LogP contribution in [-0.2, 0) is 14.3 Å². The van der Waals surface area contributed by atoms with E-state index in [1.54, 1.807) is 13.8 Å². The Labute approximate surface area is 132 Å². The second-order valence-electron chi connectivity index (χ2n) is 4.84. The van der Waals surface area contributed by atoms with Crippen LogP contribution < -0.4 is 5.32 Å². The number of amides is 2. The van der Waals surface area contributed by atoms with E-state index in [4.69, 9.17) is 4.74 Å². The van der Waals surface area contributed by atoms with Gasteiger partial charge >= 0.3 is 12.0 Å². The molecule has 0 unspecified atom stereocenters. The van der Waals surface area contributed by atoms with Crippen LogP contribution in [0.3, 0.4) is 0 Å². The number of urea groups is 1. The number of ether oxygens (including phenoxy) is 1. The molecule has 1 aromatic rings. The topological polar surface area (TPSA) is 75.7 Å². The Balaban J connectivity index is 2.37. The Morgan fingerprint density at radius 2 is 2.18 bits per heavy atom. The van der Waals surface area contributed by atoms with Crippen LogP contribution in [0.25, 0.3) is 0 Å². The Morgan fingerprint density at radius 1 is 1.45 bits per heavy atom. The van der Waals surface area contributed by atoms with Crippen molar-refractivity contribution in [2.24, 2.45) is 0 Å². The number of hydrogen-bond donors (Lipinski definition) is 1.